The van der Waals surface area contributed by atoms with Crippen LogP contribution in [-0.2, 0) is 5.41 Å². The van der Waals surface area contributed by atoms with Gasteiger partial charge in [-0.3, -0.25) is 5.10 Å². The molecule has 0 atom stereocenters. The minimum atomic E-state index is 0.0401. The topological polar surface area (TPSA) is 67.6 Å². The van der Waals surface area contributed by atoms with Crippen molar-refractivity contribution in [2.45, 2.75) is 25.2 Å². The van der Waals surface area contributed by atoms with Crippen molar-refractivity contribution < 1.29 is 0 Å². The molecule has 16 heavy (non-hydrogen) atoms. The number of nitrogens with one attached hydrogen (secondary N) is 1. The van der Waals surface area contributed by atoms with Crippen molar-refractivity contribution in [2.24, 2.45) is 0 Å². The molecule has 1 fully saturated rings. The summed E-state index contributed by atoms with van der Waals surface area (Å²) in [6.45, 7) is 1.93. The first kappa shape index (κ1) is 9.39. The normalized spacial score (nSPS) is 17.3. The van der Waals surface area contributed by atoms with E-state index in [1.807, 2.05) is 19.1 Å². The molecule has 1 aliphatic rings. The van der Waals surface area contributed by atoms with Gasteiger partial charge >= 0.3 is 0 Å². The molecular formula is C12H14N4. The predicted molar refractivity (Wildman–Crippen MR) is 62.0 cm³/mol. The molecule has 4 heteroatoms. The average molecular weight is 214 g/mol. The van der Waals surface area contributed by atoms with Gasteiger partial charge in [-0.25, -0.2) is 4.98 Å². The molecule has 0 aliphatic heterocycles. The number of nitrogens with zero attached hydrogens (tertiary/aromatic N) is 2. The lowest BCUT2D eigenvalue weighted by Gasteiger charge is -2.11. The Morgan fingerprint density at radius 3 is 2.44 bits per heavy atom. The fraction of sp³-hybridized carbons (Fsp3) is 0.333. The molecule has 0 saturated heterocycles. The zero-order valence-electron chi connectivity index (χ0n) is 9.20. The number of aromatic nitrogens is 3. The zero-order valence-corrected chi connectivity index (χ0v) is 9.20. The average Bonchev–Trinajstić information content (AvgIpc) is 2.97. The highest BCUT2D eigenvalue weighted by molar-refractivity contribution is 5.46. The molecule has 0 radical (unpaired) electrons. The van der Waals surface area contributed by atoms with Crippen LogP contribution in [0.1, 0.15) is 30.1 Å². The summed E-state index contributed by atoms with van der Waals surface area (Å²) >= 11 is 0. The third kappa shape index (κ3) is 1.30. The second-order valence-electron chi connectivity index (χ2n) is 4.45. The summed E-state index contributed by atoms with van der Waals surface area (Å²) in [5, 5.41) is 7.19. The molecule has 1 heterocycles. The fourth-order valence-electron chi connectivity index (χ4n) is 2.13. The molecule has 4 nitrogen and oxygen atoms in total. The van der Waals surface area contributed by atoms with E-state index in [0.29, 0.717) is 0 Å². The number of rotatable bonds is 2. The van der Waals surface area contributed by atoms with Gasteiger partial charge in [-0.1, -0.05) is 12.1 Å². The van der Waals surface area contributed by atoms with Gasteiger partial charge in [0, 0.05) is 5.69 Å². The minimum Gasteiger partial charge on any atom is -0.399 e. The highest BCUT2D eigenvalue weighted by Crippen LogP contribution is 2.52. The summed E-state index contributed by atoms with van der Waals surface area (Å²) in [6, 6.07) is 8.03. The van der Waals surface area contributed by atoms with Crippen LogP contribution in [0, 0.1) is 6.92 Å². The van der Waals surface area contributed by atoms with Gasteiger partial charge in [0.2, 0.25) is 0 Å². The highest BCUT2D eigenvalue weighted by atomic mass is 15.2. The minimum absolute atomic E-state index is 0.0401. The Morgan fingerprint density at radius 1 is 1.25 bits per heavy atom. The maximum Gasteiger partial charge on any atom is 0.161 e. The molecule has 3 N–H and O–H groups in total. The van der Waals surface area contributed by atoms with E-state index in [1.54, 1.807) is 0 Å². The Labute approximate surface area is 93.9 Å². The smallest absolute Gasteiger partial charge is 0.161 e. The van der Waals surface area contributed by atoms with E-state index in [0.717, 1.165) is 30.2 Å². The number of aromatic amines is 1. The van der Waals surface area contributed by atoms with Crippen molar-refractivity contribution >= 4 is 5.69 Å². The Bertz CT molecular complexity index is 508. The number of hydrogen-bond donors (Lipinski definition) is 2. The van der Waals surface area contributed by atoms with Crippen LogP contribution in [0.3, 0.4) is 0 Å². The molecule has 1 aliphatic carbocycles. The van der Waals surface area contributed by atoms with Crippen molar-refractivity contribution in [3.63, 3.8) is 0 Å². The molecule has 1 aromatic carbocycles. The Morgan fingerprint density at radius 2 is 1.94 bits per heavy atom. The number of aryl methyl sites for hydroxylation is 1. The van der Waals surface area contributed by atoms with Crippen molar-refractivity contribution in [1.82, 2.24) is 15.2 Å². The van der Waals surface area contributed by atoms with Gasteiger partial charge in [0.25, 0.3) is 0 Å². The molecule has 0 amide bonds. The fourth-order valence-corrected chi connectivity index (χ4v) is 2.13. The van der Waals surface area contributed by atoms with Crippen LogP contribution in [0.4, 0.5) is 5.69 Å². The van der Waals surface area contributed by atoms with E-state index in [-0.39, 0.29) is 5.41 Å². The van der Waals surface area contributed by atoms with Gasteiger partial charge in [0.05, 0.1) is 5.41 Å². The number of anilines is 1. The van der Waals surface area contributed by atoms with Crippen molar-refractivity contribution in [2.75, 3.05) is 5.73 Å². The molecule has 1 saturated carbocycles. The van der Waals surface area contributed by atoms with Gasteiger partial charge in [-0.2, -0.15) is 5.10 Å². The van der Waals surface area contributed by atoms with Gasteiger partial charge in [0.15, 0.2) is 5.82 Å². The Balaban J connectivity index is 2.03. The first-order valence-corrected chi connectivity index (χ1v) is 5.46. The maximum atomic E-state index is 5.70. The third-order valence-corrected chi connectivity index (χ3v) is 3.24. The van der Waals surface area contributed by atoms with Gasteiger partial charge in [-0.15, -0.1) is 0 Å². The van der Waals surface area contributed by atoms with Crippen LogP contribution in [0.2, 0.25) is 0 Å². The van der Waals surface area contributed by atoms with E-state index in [4.69, 9.17) is 5.73 Å². The predicted octanol–water partition coefficient (Wildman–Crippen LogP) is 1.78. The summed E-state index contributed by atoms with van der Waals surface area (Å²) in [7, 11) is 0. The monoisotopic (exact) mass is 214 g/mol. The zero-order chi connectivity index (χ0) is 11.2. The first-order chi connectivity index (χ1) is 7.71. The largest absolute Gasteiger partial charge is 0.399 e. The van der Waals surface area contributed by atoms with Crippen molar-refractivity contribution in [3.8, 4) is 0 Å². The molecular weight excluding hydrogens is 200 g/mol. The van der Waals surface area contributed by atoms with Crippen molar-refractivity contribution in [3.05, 3.63) is 41.5 Å². The second kappa shape index (κ2) is 3.07. The third-order valence-electron chi connectivity index (χ3n) is 3.24. The number of nitrogens with two attached hydrogens (primary N) is 1. The molecule has 1 aromatic heterocycles. The van der Waals surface area contributed by atoms with Crippen LogP contribution in [0.25, 0.3) is 0 Å². The highest BCUT2D eigenvalue weighted by Gasteiger charge is 2.49. The second-order valence-corrected chi connectivity index (χ2v) is 4.45. The summed E-state index contributed by atoms with van der Waals surface area (Å²) in [4.78, 5) is 4.45. The van der Waals surface area contributed by atoms with Crippen molar-refractivity contribution in [1.29, 1.82) is 0 Å². The Hall–Kier alpha value is -1.84. The quantitative estimate of drug-likeness (QED) is 0.749. The van der Waals surface area contributed by atoms with Crippen LogP contribution in [-0.4, -0.2) is 15.2 Å². The van der Waals surface area contributed by atoms with E-state index in [2.05, 4.69) is 27.3 Å². The number of nitrogen functional groups attached to an aromatic ring is 1. The van der Waals surface area contributed by atoms with E-state index < -0.39 is 0 Å². The summed E-state index contributed by atoms with van der Waals surface area (Å²) in [5.74, 6) is 1.78. The van der Waals surface area contributed by atoms with Crippen LogP contribution < -0.4 is 5.73 Å². The SMILES string of the molecule is Cc1nc(C2(c3ccc(N)cc3)CC2)n[nH]1. The number of hydrogen-bond acceptors (Lipinski definition) is 3. The van der Waals surface area contributed by atoms with Crippen LogP contribution >= 0.6 is 0 Å². The molecule has 0 bridgehead atoms. The number of benzene rings is 1. The molecule has 3 rings (SSSR count). The standard InChI is InChI=1S/C12H14N4/c1-8-14-11(16-15-8)12(6-7-12)9-2-4-10(13)5-3-9/h2-5H,6-7,13H2,1H3,(H,14,15,16). The molecule has 82 valence electrons. The lowest BCUT2D eigenvalue weighted by molar-refractivity contribution is 0.761. The summed E-state index contributed by atoms with van der Waals surface area (Å²) < 4.78 is 0. The lowest BCUT2D eigenvalue weighted by Crippen LogP contribution is -2.11. The van der Waals surface area contributed by atoms with E-state index >= 15 is 0 Å². The number of H-pyrrole nitrogens is 1. The van der Waals surface area contributed by atoms with Gasteiger partial charge in [0.1, 0.15) is 5.82 Å². The Kier molecular flexibility index (Phi) is 1.80. The first-order valence-electron chi connectivity index (χ1n) is 5.46. The van der Waals surface area contributed by atoms with E-state index in [1.165, 1.54) is 5.56 Å². The molecule has 0 unspecified atom stereocenters. The van der Waals surface area contributed by atoms with Crippen LogP contribution in [0.15, 0.2) is 24.3 Å². The van der Waals surface area contributed by atoms with Gasteiger partial charge in [-0.05, 0) is 37.5 Å². The van der Waals surface area contributed by atoms with E-state index in [9.17, 15) is 0 Å². The summed E-state index contributed by atoms with van der Waals surface area (Å²) in [5.41, 5.74) is 7.80. The van der Waals surface area contributed by atoms with Gasteiger partial charge < -0.3 is 5.73 Å². The molecule has 0 spiro atoms. The van der Waals surface area contributed by atoms with Crippen LogP contribution in [0.5, 0.6) is 0 Å². The lowest BCUT2D eigenvalue weighted by atomic mass is 9.95. The summed E-state index contributed by atoms with van der Waals surface area (Å²) in [6.07, 6.45) is 2.24. The molecule has 2 aromatic rings. The maximum absolute atomic E-state index is 5.70.